The zero-order chi connectivity index (χ0) is 23.0. The Balaban J connectivity index is 1.78. The third-order valence-corrected chi connectivity index (χ3v) is 5.65. The molecule has 4 rings (SSSR count). The first-order valence-corrected chi connectivity index (χ1v) is 10.4. The summed E-state index contributed by atoms with van der Waals surface area (Å²) >= 11 is 5.58. The number of hydrogen-bond acceptors (Lipinski definition) is 5. The van der Waals surface area contributed by atoms with E-state index in [0.717, 1.165) is 11.8 Å². The van der Waals surface area contributed by atoms with E-state index in [1.165, 1.54) is 12.1 Å². The monoisotopic (exact) mass is 451 g/mol. The molecule has 1 aliphatic heterocycles. The molecule has 1 fully saturated rings. The lowest BCUT2D eigenvalue weighted by Gasteiger charge is -2.29. The fourth-order valence-corrected chi connectivity index (χ4v) is 4.36. The summed E-state index contributed by atoms with van der Waals surface area (Å²) in [7, 11) is 0. The van der Waals surface area contributed by atoms with Crippen molar-refractivity contribution < 1.29 is 24.2 Å². The first kappa shape index (κ1) is 21.5. The predicted molar refractivity (Wildman–Crippen MR) is 120 cm³/mol. The minimum atomic E-state index is -1.22. The number of furan rings is 1. The van der Waals surface area contributed by atoms with Crippen molar-refractivity contribution in [2.45, 2.75) is 32.0 Å². The molecule has 2 aromatic heterocycles. The Morgan fingerprint density at radius 3 is 2.34 bits per heavy atom. The Kier molecular flexibility index (Phi) is 5.67. The van der Waals surface area contributed by atoms with Crippen LogP contribution in [0.2, 0.25) is 0 Å². The summed E-state index contributed by atoms with van der Waals surface area (Å²) in [6.07, 6.45) is 1.72. The highest BCUT2D eigenvalue weighted by Gasteiger charge is 2.42. The van der Waals surface area contributed by atoms with Gasteiger partial charge in [0.05, 0.1) is 22.9 Å². The van der Waals surface area contributed by atoms with Gasteiger partial charge in [0.1, 0.15) is 17.6 Å². The minimum Gasteiger partial charge on any atom is -0.478 e. The molecule has 164 valence electrons. The van der Waals surface area contributed by atoms with Crippen LogP contribution in [0.3, 0.4) is 0 Å². The molecule has 1 saturated heterocycles. The fraction of sp³-hybridized carbons (Fsp3) is 0.217. The topological polar surface area (TPSA) is 116 Å². The van der Waals surface area contributed by atoms with Crippen LogP contribution < -0.4 is 5.32 Å². The number of thiocarbonyl (C=S) groups is 1. The van der Waals surface area contributed by atoms with E-state index in [1.807, 2.05) is 36.9 Å². The van der Waals surface area contributed by atoms with Crippen LogP contribution in [0.1, 0.15) is 58.1 Å². The number of nitrogens with zero attached hydrogens (tertiary/aromatic N) is 2. The third-order valence-electron chi connectivity index (χ3n) is 5.32. The molecule has 1 aromatic carbocycles. The second kappa shape index (κ2) is 8.43. The molecule has 0 aliphatic carbocycles. The van der Waals surface area contributed by atoms with E-state index in [2.05, 4.69) is 10.3 Å². The Labute approximate surface area is 189 Å². The van der Waals surface area contributed by atoms with E-state index in [4.69, 9.17) is 16.6 Å². The second-order valence-electron chi connectivity index (χ2n) is 7.74. The molecule has 0 unspecified atom stereocenters. The number of benzene rings is 1. The molecule has 1 aliphatic rings. The number of carbonyl (C=O) groups is 2. The van der Waals surface area contributed by atoms with Crippen molar-refractivity contribution in [3.05, 3.63) is 77.3 Å². The van der Waals surface area contributed by atoms with Gasteiger partial charge in [0.15, 0.2) is 5.11 Å². The molecule has 0 spiro atoms. The lowest BCUT2D eigenvalue weighted by molar-refractivity contribution is 0.0696. The van der Waals surface area contributed by atoms with Crippen LogP contribution in [0.15, 0.2) is 59.1 Å². The smallest absolute Gasteiger partial charge is 0.335 e. The quantitative estimate of drug-likeness (QED) is 0.476. The summed E-state index contributed by atoms with van der Waals surface area (Å²) in [4.78, 5) is 29.4. The Morgan fingerprint density at radius 1 is 1.09 bits per heavy atom. The highest BCUT2D eigenvalue weighted by molar-refractivity contribution is 7.80. The number of carboxylic acids is 2. The van der Waals surface area contributed by atoms with E-state index in [0.29, 0.717) is 22.2 Å². The van der Waals surface area contributed by atoms with Gasteiger partial charge < -0.3 is 24.8 Å². The highest BCUT2D eigenvalue weighted by atomic mass is 32.1. The van der Waals surface area contributed by atoms with Gasteiger partial charge in [0.2, 0.25) is 0 Å². The lowest BCUT2D eigenvalue weighted by atomic mass is 10.0. The predicted octanol–water partition coefficient (Wildman–Crippen LogP) is 4.12. The average molecular weight is 452 g/mol. The molecule has 32 heavy (non-hydrogen) atoms. The molecule has 2 atom stereocenters. The number of hydrogen-bond donors (Lipinski definition) is 3. The van der Waals surface area contributed by atoms with Gasteiger partial charge in [-0.3, -0.25) is 4.98 Å². The number of pyridine rings is 1. The van der Waals surface area contributed by atoms with Gasteiger partial charge in [0, 0.05) is 17.8 Å². The maximum absolute atomic E-state index is 11.5. The normalized spacial score (nSPS) is 18.1. The number of rotatable bonds is 6. The number of nitrogens with one attached hydrogen (secondary N) is 1. The first-order valence-electron chi connectivity index (χ1n) is 9.98. The molecule has 0 amide bonds. The summed E-state index contributed by atoms with van der Waals surface area (Å²) < 4.78 is 6.15. The van der Waals surface area contributed by atoms with E-state index in [9.17, 15) is 19.8 Å². The molecule has 3 aromatic rings. The van der Waals surface area contributed by atoms with Crippen LogP contribution in [0.5, 0.6) is 0 Å². The van der Waals surface area contributed by atoms with Crippen molar-refractivity contribution in [1.82, 2.24) is 15.2 Å². The second-order valence-corrected chi connectivity index (χ2v) is 8.13. The number of aromatic nitrogens is 1. The number of aromatic carboxylic acids is 2. The zero-order valence-corrected chi connectivity index (χ0v) is 18.2. The summed E-state index contributed by atoms with van der Waals surface area (Å²) in [6, 6.07) is 12.6. The summed E-state index contributed by atoms with van der Waals surface area (Å²) in [6.45, 7) is 4.06. The van der Waals surface area contributed by atoms with E-state index in [-0.39, 0.29) is 29.3 Å². The van der Waals surface area contributed by atoms with Crippen molar-refractivity contribution in [2.75, 3.05) is 0 Å². The largest absolute Gasteiger partial charge is 0.478 e. The van der Waals surface area contributed by atoms with E-state index >= 15 is 0 Å². The van der Waals surface area contributed by atoms with Crippen LogP contribution in [-0.2, 0) is 0 Å². The lowest BCUT2D eigenvalue weighted by Crippen LogP contribution is -2.35. The number of carboxylic acid groups (broad SMARTS) is 2. The molecule has 0 bridgehead atoms. The van der Waals surface area contributed by atoms with Crippen molar-refractivity contribution in [1.29, 1.82) is 0 Å². The zero-order valence-electron chi connectivity index (χ0n) is 17.4. The van der Waals surface area contributed by atoms with E-state index in [1.54, 1.807) is 18.3 Å². The van der Waals surface area contributed by atoms with Gasteiger partial charge in [-0.2, -0.15) is 0 Å². The molecule has 8 nitrogen and oxygen atoms in total. The first-order chi connectivity index (χ1) is 15.3. The van der Waals surface area contributed by atoms with Gasteiger partial charge in [-0.25, -0.2) is 9.59 Å². The Bertz CT molecular complexity index is 1160. The standard InChI is InChI=1S/C23H21N3O5S/c1-12(2)26-20(19(25-23(26)32)16-5-3-4-8-24-16)18-7-6-17(31-18)13-9-14(21(27)28)11-15(10-13)22(29)30/h3-12,19-20H,1-2H3,(H,25,32)(H,27,28)(H,29,30)/t19-,20+/m1/s1. The van der Waals surface area contributed by atoms with Crippen molar-refractivity contribution in [3.8, 4) is 11.3 Å². The molecule has 3 N–H and O–H groups in total. The van der Waals surface area contributed by atoms with Gasteiger partial charge >= 0.3 is 11.9 Å². The van der Waals surface area contributed by atoms with Crippen molar-refractivity contribution >= 4 is 29.3 Å². The SMILES string of the molecule is CC(C)N1C(=S)N[C@H](c2ccccn2)[C@@H]1c1ccc(-c2cc(C(=O)O)cc(C(=O)O)c2)o1. The van der Waals surface area contributed by atoms with Gasteiger partial charge in [-0.15, -0.1) is 0 Å². The third kappa shape index (κ3) is 3.94. The van der Waals surface area contributed by atoms with Crippen LogP contribution in [0, 0.1) is 0 Å². The minimum absolute atomic E-state index is 0.0798. The summed E-state index contributed by atoms with van der Waals surface area (Å²) in [5.74, 6) is -1.46. The molecular weight excluding hydrogens is 430 g/mol. The maximum Gasteiger partial charge on any atom is 0.335 e. The molecule has 9 heteroatoms. The molecule has 3 heterocycles. The Hall–Kier alpha value is -3.72. The summed E-state index contributed by atoms with van der Waals surface area (Å²) in [5, 5.41) is 22.6. The van der Waals surface area contributed by atoms with Crippen molar-refractivity contribution in [2.24, 2.45) is 0 Å². The fourth-order valence-electron chi connectivity index (χ4n) is 3.91. The van der Waals surface area contributed by atoms with Crippen LogP contribution in [-0.4, -0.2) is 43.2 Å². The van der Waals surface area contributed by atoms with Crippen LogP contribution in [0.4, 0.5) is 0 Å². The van der Waals surface area contributed by atoms with Gasteiger partial charge in [-0.05, 0) is 68.5 Å². The highest BCUT2D eigenvalue weighted by Crippen LogP contribution is 2.41. The van der Waals surface area contributed by atoms with Crippen LogP contribution in [0.25, 0.3) is 11.3 Å². The molecular formula is C23H21N3O5S. The maximum atomic E-state index is 11.5. The summed E-state index contributed by atoms with van der Waals surface area (Å²) in [5.41, 5.74) is 0.919. The molecule has 0 saturated carbocycles. The van der Waals surface area contributed by atoms with Gasteiger partial charge in [-0.1, -0.05) is 6.07 Å². The van der Waals surface area contributed by atoms with Crippen LogP contribution >= 0.6 is 12.2 Å². The Morgan fingerprint density at radius 2 is 1.78 bits per heavy atom. The van der Waals surface area contributed by atoms with Crippen molar-refractivity contribution in [3.63, 3.8) is 0 Å². The molecule has 0 radical (unpaired) electrons. The van der Waals surface area contributed by atoms with E-state index < -0.39 is 11.9 Å². The average Bonchev–Trinajstić information content (AvgIpc) is 3.38. The van der Waals surface area contributed by atoms with Gasteiger partial charge in [0.25, 0.3) is 0 Å².